The molecule has 0 saturated carbocycles. The van der Waals surface area contributed by atoms with Gasteiger partial charge in [-0.2, -0.15) is 0 Å². The number of carbonyl (C=O) groups excluding carboxylic acids is 4. The first kappa shape index (κ1) is 48.7. The molecule has 0 aliphatic carbocycles. The monoisotopic (exact) mass is 748 g/mol. The molecule has 0 aromatic heterocycles. The van der Waals surface area contributed by atoms with Crippen molar-refractivity contribution in [3.8, 4) is 23.0 Å². The maximum Gasteiger partial charge on any atom is 0.160 e. The summed E-state index contributed by atoms with van der Waals surface area (Å²) >= 11 is 0. The van der Waals surface area contributed by atoms with Crippen molar-refractivity contribution in [3.63, 3.8) is 0 Å². The summed E-state index contributed by atoms with van der Waals surface area (Å²) in [5.74, 6) is 3.43. The summed E-state index contributed by atoms with van der Waals surface area (Å²) in [4.78, 5) is 44.3. The van der Waals surface area contributed by atoms with Crippen molar-refractivity contribution in [1.29, 1.82) is 0 Å². The van der Waals surface area contributed by atoms with Gasteiger partial charge in [0, 0.05) is 27.6 Å². The molecule has 0 amide bonds. The average Bonchev–Trinajstić information content (AvgIpc) is 3.17. The number of ether oxygens (including phenoxy) is 4. The Bertz CT molecular complexity index is 2150. The topological polar surface area (TPSA) is 105 Å². The molecule has 0 aliphatic rings. The van der Waals surface area contributed by atoms with E-state index in [9.17, 15) is 19.2 Å². The van der Waals surface area contributed by atoms with E-state index in [-0.39, 0.29) is 45.4 Å². The van der Waals surface area contributed by atoms with Crippen LogP contribution in [-0.2, 0) is 0 Å². The van der Waals surface area contributed by atoms with Crippen molar-refractivity contribution in [2.75, 3.05) is 28.4 Å². The van der Waals surface area contributed by atoms with Crippen LogP contribution in [0.25, 0.3) is 21.5 Å². The molecule has 8 nitrogen and oxygen atoms in total. The second-order valence-electron chi connectivity index (χ2n) is 11.5. The Hall–Kier alpha value is -6.28. The van der Waals surface area contributed by atoms with Crippen LogP contribution in [0.15, 0.2) is 121 Å². The van der Waals surface area contributed by atoms with Gasteiger partial charge in [-0.15, -0.1) is 0 Å². The van der Waals surface area contributed by atoms with Crippen molar-refractivity contribution in [2.45, 2.75) is 50.0 Å². The predicted octanol–water partition coefficient (Wildman–Crippen LogP) is 11.8. The summed E-state index contributed by atoms with van der Waals surface area (Å²) in [6.45, 7) is 6.23. The van der Waals surface area contributed by atoms with Gasteiger partial charge in [0.15, 0.2) is 23.1 Å². The first-order valence-corrected chi connectivity index (χ1v) is 16.4. The largest absolute Gasteiger partial charge is 0.497 e. The van der Waals surface area contributed by atoms with E-state index in [1.807, 2.05) is 78.9 Å². The van der Waals surface area contributed by atoms with E-state index in [0.717, 1.165) is 55.7 Å². The number of fused-ring (bicyclic) bond motifs is 2. The smallest absolute Gasteiger partial charge is 0.160 e. The molecule has 292 valence electrons. The third kappa shape index (κ3) is 14.2. The fourth-order valence-corrected chi connectivity index (χ4v) is 5.00. The molecular formula is C47H56O8. The number of benzene rings is 6. The van der Waals surface area contributed by atoms with Gasteiger partial charge in [-0.25, -0.2) is 0 Å². The van der Waals surface area contributed by atoms with E-state index in [1.54, 1.807) is 91.7 Å². The first-order valence-electron chi connectivity index (χ1n) is 16.4. The Balaban J connectivity index is 0.000000702. The third-order valence-corrected chi connectivity index (χ3v) is 7.91. The van der Waals surface area contributed by atoms with Gasteiger partial charge in [0.05, 0.1) is 28.4 Å². The molecule has 0 radical (unpaired) electrons. The molecule has 6 rings (SSSR count). The molecule has 0 fully saturated rings. The minimum absolute atomic E-state index is 0. The first-order chi connectivity index (χ1) is 24.9. The Morgan fingerprint density at radius 2 is 0.836 bits per heavy atom. The Kier molecular flexibility index (Phi) is 21.4. The molecule has 0 N–H and O–H groups in total. The number of methoxy groups -OCH3 is 4. The minimum Gasteiger partial charge on any atom is -0.497 e. The number of rotatable bonds is 8. The maximum atomic E-state index is 11.4. The lowest BCUT2D eigenvalue weighted by Crippen LogP contribution is -1.94. The van der Waals surface area contributed by atoms with E-state index in [0.29, 0.717) is 11.1 Å². The molecule has 6 aromatic rings. The van der Waals surface area contributed by atoms with Crippen LogP contribution < -0.4 is 18.9 Å². The highest BCUT2D eigenvalue weighted by Crippen LogP contribution is 2.28. The van der Waals surface area contributed by atoms with Gasteiger partial charge in [0.25, 0.3) is 0 Å². The Morgan fingerprint density at radius 3 is 1.38 bits per heavy atom. The normalized spacial score (nSPS) is 9.31. The van der Waals surface area contributed by atoms with Crippen LogP contribution in [0.5, 0.6) is 23.0 Å². The van der Waals surface area contributed by atoms with Gasteiger partial charge in [-0.05, 0) is 105 Å². The fraction of sp³-hybridized carbons (Fsp3) is 0.234. The molecule has 0 saturated heterocycles. The summed E-state index contributed by atoms with van der Waals surface area (Å²) in [7, 11) is 6.46. The van der Waals surface area contributed by atoms with Crippen LogP contribution in [0, 0.1) is 0 Å². The molecule has 0 atom stereocenters. The van der Waals surface area contributed by atoms with E-state index in [4.69, 9.17) is 18.9 Å². The second-order valence-corrected chi connectivity index (χ2v) is 11.5. The summed E-state index contributed by atoms with van der Waals surface area (Å²) in [6, 6.07) is 37.0. The lowest BCUT2D eigenvalue weighted by atomic mass is 10.0. The van der Waals surface area contributed by atoms with Gasteiger partial charge < -0.3 is 18.9 Å². The van der Waals surface area contributed by atoms with E-state index in [2.05, 4.69) is 0 Å². The highest BCUT2D eigenvalue weighted by Gasteiger charge is 2.08. The third-order valence-electron chi connectivity index (χ3n) is 7.91. The van der Waals surface area contributed by atoms with Crippen LogP contribution in [0.4, 0.5) is 0 Å². The summed E-state index contributed by atoms with van der Waals surface area (Å²) in [5, 5.41) is 4.07. The van der Waals surface area contributed by atoms with Crippen LogP contribution in [0.3, 0.4) is 0 Å². The second kappa shape index (κ2) is 24.1. The van der Waals surface area contributed by atoms with Gasteiger partial charge >= 0.3 is 0 Å². The van der Waals surface area contributed by atoms with Gasteiger partial charge in [-0.1, -0.05) is 82.9 Å². The number of hydrogen-bond acceptors (Lipinski definition) is 8. The molecule has 0 spiro atoms. The number of ketones is 4. The number of hydrogen-bond donors (Lipinski definition) is 0. The Morgan fingerprint density at radius 1 is 0.382 bits per heavy atom. The molecular weight excluding hydrogens is 693 g/mol. The average molecular weight is 749 g/mol. The zero-order valence-electron chi connectivity index (χ0n) is 30.8. The van der Waals surface area contributed by atoms with Crippen LogP contribution in [0.1, 0.15) is 91.4 Å². The predicted molar refractivity (Wildman–Crippen MR) is 227 cm³/mol. The molecule has 55 heavy (non-hydrogen) atoms. The molecule has 0 aliphatic heterocycles. The van der Waals surface area contributed by atoms with Crippen molar-refractivity contribution in [3.05, 3.63) is 144 Å². The highest BCUT2D eigenvalue weighted by atomic mass is 16.5. The lowest BCUT2D eigenvalue weighted by Gasteiger charge is -2.07. The fourth-order valence-electron chi connectivity index (χ4n) is 5.00. The lowest BCUT2D eigenvalue weighted by molar-refractivity contribution is 0.100. The van der Waals surface area contributed by atoms with Gasteiger partial charge in [0.2, 0.25) is 0 Å². The quantitative estimate of drug-likeness (QED) is 0.142. The van der Waals surface area contributed by atoms with Crippen molar-refractivity contribution >= 4 is 44.7 Å². The highest BCUT2D eigenvalue weighted by molar-refractivity contribution is 6.08. The van der Waals surface area contributed by atoms with Crippen molar-refractivity contribution in [2.24, 2.45) is 0 Å². The summed E-state index contributed by atoms with van der Waals surface area (Å²) < 4.78 is 20.3. The number of Topliss-reactive ketones (excluding diaryl/α,β-unsaturated/α-hetero) is 4. The molecule has 8 heteroatoms. The molecule has 6 aromatic carbocycles. The van der Waals surface area contributed by atoms with Crippen LogP contribution in [-0.4, -0.2) is 51.6 Å². The molecule has 0 bridgehead atoms. The summed E-state index contributed by atoms with van der Waals surface area (Å²) in [5.41, 5.74) is 2.88. The number of carbonyl (C=O) groups is 4. The van der Waals surface area contributed by atoms with Gasteiger partial charge in [-0.3, -0.25) is 19.2 Å². The summed E-state index contributed by atoms with van der Waals surface area (Å²) in [6.07, 6.45) is 0. The van der Waals surface area contributed by atoms with E-state index < -0.39 is 0 Å². The van der Waals surface area contributed by atoms with E-state index >= 15 is 0 Å². The van der Waals surface area contributed by atoms with Crippen LogP contribution >= 0.6 is 0 Å². The maximum absolute atomic E-state index is 11.4. The van der Waals surface area contributed by atoms with Crippen molar-refractivity contribution in [1.82, 2.24) is 0 Å². The zero-order valence-corrected chi connectivity index (χ0v) is 30.8. The van der Waals surface area contributed by atoms with Gasteiger partial charge in [0.1, 0.15) is 23.0 Å². The minimum atomic E-state index is 0. The van der Waals surface area contributed by atoms with E-state index in [1.165, 1.54) is 6.92 Å². The molecule has 0 heterocycles. The standard InChI is InChI=1S/2C13H12O2.2C9H10O2.3CH4/c1-9(14)10-5-3-7-12-11(10)6-4-8-13(12)15-2;1-9(14)10-3-4-12-8-13(15-2)6-5-11(12)7-10;1-7(10)8-3-5-9(11-2)6-4-8;1-7(10)8-4-3-5-9(6-8)11-2;;;/h2*3-8H,1-2H3;2*3-6H,1-2H3;3*1H4. The Labute approximate surface area is 327 Å². The van der Waals surface area contributed by atoms with Crippen LogP contribution in [0.2, 0.25) is 0 Å². The zero-order chi connectivity index (χ0) is 38.2. The van der Waals surface area contributed by atoms with Crippen molar-refractivity contribution < 1.29 is 38.1 Å². The molecule has 0 unspecified atom stereocenters. The SMILES string of the molecule is C.C.C.COc1ccc(C(C)=O)cc1.COc1ccc2cc(C(C)=O)ccc2c1.COc1cccc(C(C)=O)c1.COc1cccc2c(C(C)=O)cccc12.